The Morgan fingerprint density at radius 2 is 2.27 bits per heavy atom. The van der Waals surface area contributed by atoms with Gasteiger partial charge >= 0.3 is 0 Å². The number of nitrogens with zero attached hydrogens (tertiary/aromatic N) is 1. The molecule has 0 spiro atoms. The maximum Gasteiger partial charge on any atom is 0.194 e. The Morgan fingerprint density at radius 3 is 2.93 bits per heavy atom. The molecule has 4 heteroatoms. The second kappa shape index (κ2) is 3.77. The average molecular weight is 217 g/mol. The van der Waals surface area contributed by atoms with E-state index < -0.39 is 0 Å². The van der Waals surface area contributed by atoms with Gasteiger partial charge in [0.05, 0.1) is 10.8 Å². The second-order valence-corrected chi connectivity index (χ2v) is 3.27. The maximum atomic E-state index is 11.1. The Bertz CT molecular complexity index is 579. The van der Waals surface area contributed by atoms with Crippen LogP contribution in [0.4, 0.5) is 5.69 Å². The summed E-state index contributed by atoms with van der Waals surface area (Å²) in [7, 11) is 0. The predicted molar refractivity (Wildman–Crippen MR) is 60.9 cm³/mol. The number of rotatable bonds is 2. The summed E-state index contributed by atoms with van der Waals surface area (Å²) in [6.45, 7) is 1.47. The van der Waals surface area contributed by atoms with Crippen LogP contribution in [0.2, 0.25) is 0 Å². The zero-order chi connectivity index (χ0) is 10.8. The molecular formula is C11H7NO2S. The second-order valence-electron chi connectivity index (χ2n) is 3.09. The molecular weight excluding hydrogens is 210 g/mol. The number of Topliss-reactive ketones (excluding diaryl/α,β-unsaturated/α-hetero) is 1. The minimum atomic E-state index is -0.0916. The lowest BCUT2D eigenvalue weighted by Gasteiger charge is -1.89. The molecule has 0 saturated heterocycles. The van der Waals surface area contributed by atoms with Crippen molar-refractivity contribution in [2.75, 3.05) is 0 Å². The van der Waals surface area contributed by atoms with Crippen molar-refractivity contribution in [3.8, 4) is 0 Å². The molecule has 0 radical (unpaired) electrons. The van der Waals surface area contributed by atoms with Gasteiger partial charge in [0.25, 0.3) is 0 Å². The molecule has 2 aromatic rings. The van der Waals surface area contributed by atoms with E-state index in [1.165, 1.54) is 6.92 Å². The van der Waals surface area contributed by atoms with Crippen LogP contribution in [0.25, 0.3) is 11.0 Å². The number of aliphatic imine (C=N–C) groups is 1. The Balaban J connectivity index is 2.61. The summed E-state index contributed by atoms with van der Waals surface area (Å²) >= 11 is 4.51. The first-order chi connectivity index (χ1) is 7.20. The molecule has 1 aromatic heterocycles. The van der Waals surface area contributed by atoms with Gasteiger partial charge in [0, 0.05) is 12.3 Å². The molecule has 3 nitrogen and oxygen atoms in total. The van der Waals surface area contributed by atoms with Gasteiger partial charge in [-0.25, -0.2) is 0 Å². The first kappa shape index (κ1) is 9.77. The zero-order valence-electron chi connectivity index (χ0n) is 7.98. The van der Waals surface area contributed by atoms with Gasteiger partial charge in [0.1, 0.15) is 5.58 Å². The number of benzene rings is 1. The van der Waals surface area contributed by atoms with E-state index in [1.807, 2.05) is 0 Å². The number of fused-ring (bicyclic) bond motifs is 1. The summed E-state index contributed by atoms with van der Waals surface area (Å²) in [6.07, 6.45) is 0. The number of isothiocyanates is 1. The van der Waals surface area contributed by atoms with Crippen molar-refractivity contribution in [3.63, 3.8) is 0 Å². The highest BCUT2D eigenvalue weighted by atomic mass is 32.1. The molecule has 0 aliphatic rings. The number of ketones is 1. The molecule has 0 saturated carbocycles. The normalized spacial score (nSPS) is 9.93. The molecule has 2 rings (SSSR count). The number of hydrogen-bond acceptors (Lipinski definition) is 4. The van der Waals surface area contributed by atoms with Crippen molar-refractivity contribution in [3.05, 3.63) is 30.0 Å². The van der Waals surface area contributed by atoms with Crippen LogP contribution in [-0.4, -0.2) is 10.9 Å². The van der Waals surface area contributed by atoms with E-state index in [9.17, 15) is 4.79 Å². The van der Waals surface area contributed by atoms with Crippen LogP contribution in [0.3, 0.4) is 0 Å². The molecule has 74 valence electrons. The lowest BCUT2D eigenvalue weighted by molar-refractivity contribution is 0.0989. The van der Waals surface area contributed by atoms with Crippen molar-refractivity contribution in [1.82, 2.24) is 0 Å². The molecule has 0 atom stereocenters. The number of hydrogen-bond donors (Lipinski definition) is 0. The van der Waals surface area contributed by atoms with E-state index >= 15 is 0 Å². The van der Waals surface area contributed by atoms with Gasteiger partial charge in [0.15, 0.2) is 11.5 Å². The average Bonchev–Trinajstić information content (AvgIpc) is 2.61. The summed E-state index contributed by atoms with van der Waals surface area (Å²) in [5.74, 6) is 0.263. The number of thiocarbonyl (C=S) groups is 1. The van der Waals surface area contributed by atoms with Crippen LogP contribution >= 0.6 is 12.2 Å². The van der Waals surface area contributed by atoms with Gasteiger partial charge in [-0.15, -0.1) is 0 Å². The molecule has 0 bridgehead atoms. The van der Waals surface area contributed by atoms with E-state index in [2.05, 4.69) is 22.4 Å². The van der Waals surface area contributed by atoms with E-state index in [0.717, 1.165) is 5.39 Å². The lowest BCUT2D eigenvalue weighted by Crippen LogP contribution is -1.85. The van der Waals surface area contributed by atoms with Crippen LogP contribution in [0.5, 0.6) is 0 Å². The Morgan fingerprint density at radius 1 is 1.47 bits per heavy atom. The van der Waals surface area contributed by atoms with Crippen molar-refractivity contribution in [2.45, 2.75) is 6.92 Å². The predicted octanol–water partition coefficient (Wildman–Crippen LogP) is 3.37. The minimum absolute atomic E-state index is 0.0916. The van der Waals surface area contributed by atoms with Gasteiger partial charge in [-0.1, -0.05) is 0 Å². The first-order valence-electron chi connectivity index (χ1n) is 4.33. The summed E-state index contributed by atoms with van der Waals surface area (Å²) in [5.41, 5.74) is 1.37. The first-order valence-corrected chi connectivity index (χ1v) is 4.74. The van der Waals surface area contributed by atoms with Crippen LogP contribution < -0.4 is 0 Å². The van der Waals surface area contributed by atoms with Gasteiger partial charge in [-0.05, 0) is 36.5 Å². The van der Waals surface area contributed by atoms with E-state index in [0.29, 0.717) is 17.0 Å². The smallest absolute Gasteiger partial charge is 0.194 e. The summed E-state index contributed by atoms with van der Waals surface area (Å²) in [6, 6.07) is 7.01. The molecule has 0 unspecified atom stereocenters. The molecule has 0 fully saturated rings. The third-order valence-electron chi connectivity index (χ3n) is 2.02. The molecule has 0 aliphatic carbocycles. The Kier molecular flexibility index (Phi) is 2.46. The van der Waals surface area contributed by atoms with Crippen LogP contribution in [0, 0.1) is 0 Å². The van der Waals surface area contributed by atoms with E-state index in [4.69, 9.17) is 4.42 Å². The SMILES string of the molecule is CC(=O)c1cc2cc(N=C=S)ccc2o1. The highest BCUT2D eigenvalue weighted by molar-refractivity contribution is 7.78. The van der Waals surface area contributed by atoms with Crippen molar-refractivity contribution < 1.29 is 9.21 Å². The quantitative estimate of drug-likeness (QED) is 0.440. The number of carbonyl (C=O) groups excluding carboxylic acids is 1. The Hall–Kier alpha value is -1.77. The van der Waals surface area contributed by atoms with Crippen molar-refractivity contribution in [2.24, 2.45) is 4.99 Å². The highest BCUT2D eigenvalue weighted by Crippen LogP contribution is 2.24. The van der Waals surface area contributed by atoms with Crippen LogP contribution in [-0.2, 0) is 0 Å². The highest BCUT2D eigenvalue weighted by Gasteiger charge is 2.07. The summed E-state index contributed by atoms with van der Waals surface area (Å²) in [4.78, 5) is 14.9. The molecule has 0 amide bonds. The molecule has 1 heterocycles. The van der Waals surface area contributed by atoms with E-state index in [-0.39, 0.29) is 5.78 Å². The molecule has 0 aliphatic heterocycles. The van der Waals surface area contributed by atoms with Gasteiger partial charge in [-0.2, -0.15) is 4.99 Å². The van der Waals surface area contributed by atoms with Gasteiger partial charge in [-0.3, -0.25) is 4.79 Å². The standard InChI is InChI=1S/C11H7NO2S/c1-7(13)11-5-8-4-9(12-6-15)2-3-10(8)14-11/h2-5H,1H3. The molecule has 0 N–H and O–H groups in total. The topological polar surface area (TPSA) is 42.6 Å². The van der Waals surface area contributed by atoms with Gasteiger partial charge < -0.3 is 4.42 Å². The van der Waals surface area contributed by atoms with Crippen molar-refractivity contribution in [1.29, 1.82) is 0 Å². The number of furan rings is 1. The summed E-state index contributed by atoms with van der Waals surface area (Å²) < 4.78 is 5.32. The molecule has 1 aromatic carbocycles. The summed E-state index contributed by atoms with van der Waals surface area (Å²) in [5, 5.41) is 3.13. The zero-order valence-corrected chi connectivity index (χ0v) is 8.80. The maximum absolute atomic E-state index is 11.1. The molecule has 15 heavy (non-hydrogen) atoms. The fraction of sp³-hybridized carbons (Fsp3) is 0.0909. The fourth-order valence-corrected chi connectivity index (χ4v) is 1.43. The van der Waals surface area contributed by atoms with Crippen LogP contribution in [0.15, 0.2) is 33.7 Å². The lowest BCUT2D eigenvalue weighted by atomic mass is 10.2. The Labute approximate surface area is 91.4 Å². The third kappa shape index (κ3) is 1.86. The van der Waals surface area contributed by atoms with Gasteiger partial charge in [0.2, 0.25) is 0 Å². The largest absolute Gasteiger partial charge is 0.453 e. The fourth-order valence-electron chi connectivity index (χ4n) is 1.33. The van der Waals surface area contributed by atoms with Crippen molar-refractivity contribution >= 4 is 39.8 Å². The van der Waals surface area contributed by atoms with Crippen LogP contribution in [0.1, 0.15) is 17.5 Å². The minimum Gasteiger partial charge on any atom is -0.453 e. The third-order valence-corrected chi connectivity index (χ3v) is 2.11. The van der Waals surface area contributed by atoms with E-state index in [1.54, 1.807) is 24.3 Å². The number of carbonyl (C=O) groups is 1. The monoisotopic (exact) mass is 217 g/mol.